The van der Waals surface area contributed by atoms with Crippen LogP contribution in [-0.4, -0.2) is 18.6 Å². The second kappa shape index (κ2) is 2.27. The van der Waals surface area contributed by atoms with Gasteiger partial charge in [0.05, 0.1) is 0 Å². The molecule has 2 rings (SSSR count). The molecule has 0 aliphatic carbocycles. The predicted octanol–water partition coefficient (Wildman–Crippen LogP) is 0.262. The van der Waals surface area contributed by atoms with E-state index in [1.54, 1.807) is 0 Å². The van der Waals surface area contributed by atoms with Crippen LogP contribution in [0.5, 0.6) is 0 Å². The molecule has 0 aromatic rings. The molecule has 0 aromatic heterocycles. The number of fused-ring (bicyclic) bond motifs is 1. The lowest BCUT2D eigenvalue weighted by molar-refractivity contribution is 0.400. The van der Waals surface area contributed by atoms with E-state index in [1.165, 1.54) is 25.8 Å². The quantitative estimate of drug-likeness (QED) is 0.485. The molecule has 9 heavy (non-hydrogen) atoms. The van der Waals surface area contributed by atoms with Gasteiger partial charge in [-0.1, -0.05) is 0 Å². The van der Waals surface area contributed by atoms with Crippen LogP contribution < -0.4 is 10.6 Å². The summed E-state index contributed by atoms with van der Waals surface area (Å²) < 4.78 is 0. The van der Waals surface area contributed by atoms with E-state index in [0.29, 0.717) is 0 Å². The highest BCUT2D eigenvalue weighted by molar-refractivity contribution is 4.95. The van der Waals surface area contributed by atoms with Crippen molar-refractivity contribution in [2.75, 3.05) is 6.54 Å². The second-order valence-corrected chi connectivity index (χ2v) is 2.90. The Morgan fingerprint density at radius 3 is 3.11 bits per heavy atom. The summed E-state index contributed by atoms with van der Waals surface area (Å²) in [6.07, 6.45) is 3.87. The first kappa shape index (κ1) is 5.69. The fourth-order valence-corrected chi connectivity index (χ4v) is 1.77. The summed E-state index contributed by atoms with van der Waals surface area (Å²) in [5.41, 5.74) is 0. The van der Waals surface area contributed by atoms with Crippen LogP contribution in [0.3, 0.4) is 0 Å². The van der Waals surface area contributed by atoms with Gasteiger partial charge in [0.1, 0.15) is 0 Å². The van der Waals surface area contributed by atoms with Crippen LogP contribution in [0.4, 0.5) is 0 Å². The summed E-state index contributed by atoms with van der Waals surface area (Å²) in [5, 5.41) is 6.87. The van der Waals surface area contributed by atoms with Crippen molar-refractivity contribution in [1.82, 2.24) is 10.6 Å². The zero-order chi connectivity index (χ0) is 6.10. The van der Waals surface area contributed by atoms with E-state index in [-0.39, 0.29) is 0 Å². The van der Waals surface area contributed by atoms with Gasteiger partial charge in [0.2, 0.25) is 0 Å². The minimum absolute atomic E-state index is 0.749. The molecular formula is C7H13N2. The topological polar surface area (TPSA) is 24.1 Å². The standard InChI is InChI=1S/C7H13N2/c1-2-6-7(8-4-1)3-5-9-6/h4,6-9H,1-3,5H2. The van der Waals surface area contributed by atoms with Crippen molar-refractivity contribution in [3.05, 3.63) is 6.54 Å². The average molecular weight is 125 g/mol. The Kier molecular flexibility index (Phi) is 1.44. The molecule has 2 N–H and O–H groups in total. The molecule has 0 spiro atoms. The van der Waals surface area contributed by atoms with Crippen LogP contribution in [0.2, 0.25) is 0 Å². The van der Waals surface area contributed by atoms with Crippen LogP contribution in [0.1, 0.15) is 19.3 Å². The first-order chi connectivity index (χ1) is 4.47. The van der Waals surface area contributed by atoms with Gasteiger partial charge >= 0.3 is 0 Å². The monoisotopic (exact) mass is 125 g/mol. The summed E-state index contributed by atoms with van der Waals surface area (Å²) in [7, 11) is 0. The molecule has 2 heterocycles. The maximum atomic E-state index is 3.48. The van der Waals surface area contributed by atoms with Gasteiger partial charge in [0, 0.05) is 18.6 Å². The fraction of sp³-hybridized carbons (Fsp3) is 0.857. The zero-order valence-corrected chi connectivity index (χ0v) is 5.56. The van der Waals surface area contributed by atoms with Crippen molar-refractivity contribution in [1.29, 1.82) is 0 Å². The van der Waals surface area contributed by atoms with Crippen molar-refractivity contribution >= 4 is 0 Å². The normalized spacial score (nSPS) is 42.7. The molecule has 2 unspecified atom stereocenters. The highest BCUT2D eigenvalue weighted by atomic mass is 15.1. The third kappa shape index (κ3) is 0.970. The molecule has 0 bridgehead atoms. The van der Waals surface area contributed by atoms with Gasteiger partial charge in [0.25, 0.3) is 0 Å². The first-order valence-corrected chi connectivity index (χ1v) is 3.78. The smallest absolute Gasteiger partial charge is 0.0236 e. The molecular weight excluding hydrogens is 112 g/mol. The molecule has 2 atom stereocenters. The number of piperidine rings is 1. The van der Waals surface area contributed by atoms with E-state index in [4.69, 9.17) is 0 Å². The first-order valence-electron chi connectivity index (χ1n) is 3.78. The Balaban J connectivity index is 1.97. The summed E-state index contributed by atoms with van der Waals surface area (Å²) in [6.45, 7) is 3.41. The SMILES string of the molecule is [CH]1CCC2NCCC2N1. The Morgan fingerprint density at radius 2 is 2.22 bits per heavy atom. The van der Waals surface area contributed by atoms with Gasteiger partial charge in [-0.05, 0) is 25.8 Å². The van der Waals surface area contributed by atoms with Crippen molar-refractivity contribution in [3.63, 3.8) is 0 Å². The molecule has 0 saturated carbocycles. The van der Waals surface area contributed by atoms with E-state index in [9.17, 15) is 0 Å². The highest BCUT2D eigenvalue weighted by Gasteiger charge is 2.28. The summed E-state index contributed by atoms with van der Waals surface area (Å²) in [6, 6.07) is 1.52. The molecule has 2 fully saturated rings. The van der Waals surface area contributed by atoms with Crippen molar-refractivity contribution in [3.8, 4) is 0 Å². The molecule has 0 amide bonds. The highest BCUT2D eigenvalue weighted by Crippen LogP contribution is 2.17. The lowest BCUT2D eigenvalue weighted by atomic mass is 10.0. The lowest BCUT2D eigenvalue weighted by Gasteiger charge is -2.25. The van der Waals surface area contributed by atoms with Gasteiger partial charge in [-0.15, -0.1) is 0 Å². The lowest BCUT2D eigenvalue weighted by Crippen LogP contribution is -2.42. The molecule has 2 nitrogen and oxygen atoms in total. The number of hydrogen-bond acceptors (Lipinski definition) is 2. The molecule has 2 aliphatic rings. The fourth-order valence-electron chi connectivity index (χ4n) is 1.77. The third-order valence-corrected chi connectivity index (χ3v) is 2.30. The van der Waals surface area contributed by atoms with Gasteiger partial charge in [0.15, 0.2) is 0 Å². The van der Waals surface area contributed by atoms with Crippen LogP contribution in [0.25, 0.3) is 0 Å². The number of rotatable bonds is 0. The van der Waals surface area contributed by atoms with Crippen molar-refractivity contribution in [2.45, 2.75) is 31.3 Å². The Hall–Kier alpha value is -0.0800. The Labute approximate surface area is 56.0 Å². The Bertz CT molecular complexity index is 91.1. The maximum absolute atomic E-state index is 3.48. The van der Waals surface area contributed by atoms with E-state index in [1.807, 2.05) is 0 Å². The minimum Gasteiger partial charge on any atom is -0.312 e. The van der Waals surface area contributed by atoms with Crippen LogP contribution in [-0.2, 0) is 0 Å². The van der Waals surface area contributed by atoms with Gasteiger partial charge in [-0.25, -0.2) is 0 Å². The van der Waals surface area contributed by atoms with Gasteiger partial charge < -0.3 is 10.6 Å². The summed E-state index contributed by atoms with van der Waals surface area (Å²) in [4.78, 5) is 0. The Morgan fingerprint density at radius 1 is 1.22 bits per heavy atom. The van der Waals surface area contributed by atoms with E-state index < -0.39 is 0 Å². The van der Waals surface area contributed by atoms with Crippen LogP contribution in [0.15, 0.2) is 0 Å². The second-order valence-electron chi connectivity index (χ2n) is 2.90. The maximum Gasteiger partial charge on any atom is 0.0236 e. The van der Waals surface area contributed by atoms with Crippen molar-refractivity contribution in [2.24, 2.45) is 0 Å². The summed E-state index contributed by atoms with van der Waals surface area (Å²) >= 11 is 0. The molecule has 0 aromatic carbocycles. The average Bonchev–Trinajstić information content (AvgIpc) is 2.33. The largest absolute Gasteiger partial charge is 0.312 e. The molecule has 1 radical (unpaired) electrons. The van der Waals surface area contributed by atoms with Gasteiger partial charge in [-0.3, -0.25) is 0 Å². The number of nitrogens with one attached hydrogen (secondary N) is 2. The molecule has 2 aliphatic heterocycles. The third-order valence-electron chi connectivity index (χ3n) is 2.30. The van der Waals surface area contributed by atoms with Crippen LogP contribution >= 0.6 is 0 Å². The van der Waals surface area contributed by atoms with E-state index in [2.05, 4.69) is 17.2 Å². The van der Waals surface area contributed by atoms with E-state index >= 15 is 0 Å². The van der Waals surface area contributed by atoms with Crippen LogP contribution in [0, 0.1) is 6.54 Å². The predicted molar refractivity (Wildman–Crippen MR) is 36.9 cm³/mol. The van der Waals surface area contributed by atoms with Gasteiger partial charge in [-0.2, -0.15) is 0 Å². The minimum atomic E-state index is 0.749. The summed E-state index contributed by atoms with van der Waals surface area (Å²) in [5.74, 6) is 0. The van der Waals surface area contributed by atoms with Crippen molar-refractivity contribution < 1.29 is 0 Å². The van der Waals surface area contributed by atoms with E-state index in [0.717, 1.165) is 12.1 Å². The molecule has 51 valence electrons. The number of hydrogen-bond donors (Lipinski definition) is 2. The zero-order valence-electron chi connectivity index (χ0n) is 5.56. The molecule has 2 saturated heterocycles. The molecule has 2 heteroatoms.